The minimum absolute atomic E-state index is 0.998. The highest BCUT2D eigenvalue weighted by atomic mass is 15.2. The summed E-state index contributed by atoms with van der Waals surface area (Å²) in [5.74, 6) is 0. The Bertz CT molecular complexity index is 3680. The maximum absolute atomic E-state index is 5.03. The fraction of sp³-hybridized carbons (Fsp3) is 0. The number of hydrogen-bond donors (Lipinski definition) is 0. The molecule has 5 nitrogen and oxygen atoms in total. The zero-order valence-electron chi connectivity index (χ0n) is 36.9. The summed E-state index contributed by atoms with van der Waals surface area (Å²) in [7, 11) is 0. The van der Waals surface area contributed by atoms with Gasteiger partial charge in [0, 0.05) is 73.0 Å². The Hall–Kier alpha value is -9.19. The van der Waals surface area contributed by atoms with Gasteiger partial charge in [0.15, 0.2) is 0 Å². The Morgan fingerprint density at radius 2 is 0.676 bits per heavy atom. The summed E-state index contributed by atoms with van der Waals surface area (Å²) >= 11 is 0. The van der Waals surface area contributed by atoms with Gasteiger partial charge in [-0.2, -0.15) is 0 Å². The predicted molar refractivity (Wildman–Crippen MR) is 282 cm³/mol. The van der Waals surface area contributed by atoms with Gasteiger partial charge in [0.1, 0.15) is 0 Å². The number of para-hydroxylation sites is 8. The van der Waals surface area contributed by atoms with Gasteiger partial charge in [-0.1, -0.05) is 158 Å². The third kappa shape index (κ3) is 5.66. The fourth-order valence-corrected chi connectivity index (χ4v) is 11.1. The third-order valence-electron chi connectivity index (χ3n) is 13.8. The summed E-state index contributed by atoms with van der Waals surface area (Å²) in [6.07, 6.45) is 4.02. The molecule has 318 valence electrons. The quantitative estimate of drug-likeness (QED) is 0.173. The maximum atomic E-state index is 5.03. The minimum Gasteiger partial charge on any atom is -0.309 e. The molecule has 0 unspecified atom stereocenters. The topological polar surface area (TPSA) is 29.2 Å². The van der Waals surface area contributed by atoms with Crippen molar-refractivity contribution in [3.05, 3.63) is 249 Å². The highest BCUT2D eigenvalue weighted by Gasteiger charge is 2.33. The molecule has 0 N–H and O–H groups in total. The molecule has 0 saturated carbocycles. The van der Waals surface area contributed by atoms with Crippen molar-refractivity contribution in [2.24, 2.45) is 0 Å². The van der Waals surface area contributed by atoms with Crippen LogP contribution in [0.2, 0.25) is 0 Å². The van der Waals surface area contributed by atoms with Crippen LogP contribution < -0.4 is 9.80 Å². The second-order valence-corrected chi connectivity index (χ2v) is 17.5. The molecule has 0 aliphatic carbocycles. The lowest BCUT2D eigenvalue weighted by Gasteiger charge is -2.27. The zero-order chi connectivity index (χ0) is 44.7. The average Bonchev–Trinajstić information content (AvgIpc) is 3.85. The number of benzene rings is 9. The number of anilines is 6. The molecule has 68 heavy (non-hydrogen) atoms. The molecule has 14 rings (SSSR count). The van der Waals surface area contributed by atoms with Gasteiger partial charge in [-0.25, -0.2) is 0 Å². The molecule has 9 aromatic carbocycles. The van der Waals surface area contributed by atoms with Gasteiger partial charge < -0.3 is 18.9 Å². The van der Waals surface area contributed by atoms with Crippen molar-refractivity contribution >= 4 is 55.9 Å². The Labute approximate surface area is 394 Å². The molecule has 3 aromatic heterocycles. The molecule has 0 saturated heterocycles. The van der Waals surface area contributed by atoms with Crippen molar-refractivity contribution in [3.63, 3.8) is 0 Å². The lowest BCUT2D eigenvalue weighted by molar-refractivity contribution is 1.11. The minimum atomic E-state index is 0.998. The molecule has 12 aromatic rings. The van der Waals surface area contributed by atoms with E-state index < -0.39 is 0 Å². The van der Waals surface area contributed by atoms with E-state index in [1.54, 1.807) is 0 Å². The van der Waals surface area contributed by atoms with E-state index in [0.717, 1.165) is 78.9 Å². The summed E-state index contributed by atoms with van der Waals surface area (Å²) in [6, 6.07) is 85.8. The van der Waals surface area contributed by atoms with Crippen LogP contribution in [-0.2, 0) is 0 Å². The summed E-state index contributed by atoms with van der Waals surface area (Å²) in [5.41, 5.74) is 22.7. The van der Waals surface area contributed by atoms with Crippen LogP contribution in [0.3, 0.4) is 0 Å². The molecule has 0 radical (unpaired) electrons. The summed E-state index contributed by atoms with van der Waals surface area (Å²) < 4.78 is 4.91. The molecule has 0 atom stereocenters. The van der Waals surface area contributed by atoms with Crippen LogP contribution in [0.4, 0.5) is 34.1 Å². The summed E-state index contributed by atoms with van der Waals surface area (Å²) in [6.45, 7) is 0. The molecule has 2 aliphatic heterocycles. The Balaban J connectivity index is 0.976. The van der Waals surface area contributed by atoms with Gasteiger partial charge >= 0.3 is 0 Å². The van der Waals surface area contributed by atoms with Crippen LogP contribution in [-0.4, -0.2) is 14.1 Å². The number of rotatable bonds is 5. The van der Waals surface area contributed by atoms with E-state index in [1.807, 2.05) is 12.4 Å². The highest BCUT2D eigenvalue weighted by molar-refractivity contribution is 6.14. The van der Waals surface area contributed by atoms with E-state index in [9.17, 15) is 0 Å². The maximum Gasteiger partial charge on any atom is 0.0651 e. The van der Waals surface area contributed by atoms with Crippen LogP contribution in [0.15, 0.2) is 249 Å². The van der Waals surface area contributed by atoms with E-state index in [1.165, 1.54) is 44.3 Å². The number of aromatic nitrogens is 3. The Kier molecular flexibility index (Phi) is 8.52. The van der Waals surface area contributed by atoms with Crippen molar-refractivity contribution in [2.75, 3.05) is 9.80 Å². The predicted octanol–water partition coefficient (Wildman–Crippen LogP) is 16.9. The lowest BCUT2D eigenvalue weighted by atomic mass is 9.98. The molecular weight excluding hydrogens is 827 g/mol. The van der Waals surface area contributed by atoms with Gasteiger partial charge in [-0.05, 0) is 84.4 Å². The second-order valence-electron chi connectivity index (χ2n) is 17.5. The van der Waals surface area contributed by atoms with Crippen LogP contribution >= 0.6 is 0 Å². The standard InChI is InChI=1S/C63H41N5/c1-3-21-44(22-4-1)65-54-32-13-7-26-48(54)60-50-28-9-15-34-56(50)67(62(60)52-30-11-17-36-58(52)65)46-25-19-20-42(38-46)43-39-47(41-64-40-43)68-57-35-16-10-29-51(57)61-49-27-8-14-33-55(49)66(45-23-5-2-6-24-45)59-37-18-12-31-53(59)63(61)68/h1-41H. The first-order valence-corrected chi connectivity index (χ1v) is 23.2. The normalized spacial score (nSPS) is 12.4. The third-order valence-corrected chi connectivity index (χ3v) is 13.8. The Morgan fingerprint density at radius 1 is 0.279 bits per heavy atom. The molecule has 5 heteroatoms. The van der Waals surface area contributed by atoms with E-state index in [0.29, 0.717) is 0 Å². The van der Waals surface area contributed by atoms with E-state index in [2.05, 4.69) is 256 Å². The number of nitrogens with zero attached hydrogens (tertiary/aromatic N) is 5. The molecular formula is C63H41N5. The van der Waals surface area contributed by atoms with E-state index >= 15 is 0 Å². The van der Waals surface area contributed by atoms with E-state index in [4.69, 9.17) is 4.98 Å². The number of hydrogen-bond acceptors (Lipinski definition) is 3. The van der Waals surface area contributed by atoms with Gasteiger partial charge in [-0.3, -0.25) is 4.98 Å². The highest BCUT2D eigenvalue weighted by Crippen LogP contribution is 2.56. The molecule has 0 spiro atoms. The van der Waals surface area contributed by atoms with Crippen LogP contribution in [0.25, 0.3) is 89.1 Å². The van der Waals surface area contributed by atoms with Gasteiger partial charge in [0.05, 0.1) is 57.1 Å². The van der Waals surface area contributed by atoms with Gasteiger partial charge in [-0.15, -0.1) is 0 Å². The van der Waals surface area contributed by atoms with Crippen molar-refractivity contribution < 1.29 is 0 Å². The Morgan fingerprint density at radius 3 is 1.21 bits per heavy atom. The van der Waals surface area contributed by atoms with Crippen molar-refractivity contribution in [3.8, 4) is 67.3 Å². The zero-order valence-corrected chi connectivity index (χ0v) is 36.9. The molecule has 2 aliphatic rings. The van der Waals surface area contributed by atoms with Crippen LogP contribution in [0.1, 0.15) is 0 Å². The molecule has 5 heterocycles. The van der Waals surface area contributed by atoms with Crippen molar-refractivity contribution in [2.45, 2.75) is 0 Å². The molecule has 0 fully saturated rings. The number of fused-ring (bicyclic) bond motifs is 14. The first kappa shape index (κ1) is 38.1. The number of pyridine rings is 1. The SMILES string of the molecule is c1ccc(N2c3ccccc3-c3c(n(-c4cccc(-c5cncc(-n6c7c(c8ccccc86)-c6ccccc6N(c6ccccc6)c6ccccc6-7)c5)c4)c4ccccc34)-c3ccccc32)cc1. The molecule has 0 bridgehead atoms. The van der Waals surface area contributed by atoms with E-state index in [-0.39, 0.29) is 0 Å². The summed E-state index contributed by atoms with van der Waals surface area (Å²) in [5, 5.41) is 2.40. The van der Waals surface area contributed by atoms with Gasteiger partial charge in [0.2, 0.25) is 0 Å². The van der Waals surface area contributed by atoms with Crippen molar-refractivity contribution in [1.82, 2.24) is 14.1 Å². The summed E-state index contributed by atoms with van der Waals surface area (Å²) in [4.78, 5) is 9.86. The van der Waals surface area contributed by atoms with Crippen LogP contribution in [0.5, 0.6) is 0 Å². The fourth-order valence-electron chi connectivity index (χ4n) is 11.1. The van der Waals surface area contributed by atoms with Gasteiger partial charge in [0.25, 0.3) is 0 Å². The largest absolute Gasteiger partial charge is 0.309 e. The molecule has 0 amide bonds. The first-order chi connectivity index (χ1) is 33.8. The van der Waals surface area contributed by atoms with Crippen molar-refractivity contribution in [1.29, 1.82) is 0 Å². The second kappa shape index (κ2) is 15.2. The lowest BCUT2D eigenvalue weighted by Crippen LogP contribution is -2.11. The monoisotopic (exact) mass is 867 g/mol. The average molecular weight is 868 g/mol. The smallest absolute Gasteiger partial charge is 0.0651 e. The first-order valence-electron chi connectivity index (χ1n) is 23.2. The van der Waals surface area contributed by atoms with Crippen LogP contribution in [0, 0.1) is 0 Å².